The SMILES string of the molecule is COc1ccccc1C(CCc1cc(C(F)(F)F)cc(C(F)(F)F)c1)N1CCN(C(C)C)CC1. The Kier molecular flexibility index (Phi) is 8.18. The molecule has 34 heavy (non-hydrogen) atoms. The third-order valence-corrected chi connectivity index (χ3v) is 6.37. The molecule has 1 saturated heterocycles. The summed E-state index contributed by atoms with van der Waals surface area (Å²) in [6, 6.07) is 9.44. The molecular weight excluding hydrogens is 458 g/mol. The predicted octanol–water partition coefficient (Wildman–Crippen LogP) is 6.43. The van der Waals surface area contributed by atoms with Crippen LogP contribution in [0.2, 0.25) is 0 Å². The topological polar surface area (TPSA) is 15.7 Å². The molecule has 0 bridgehead atoms. The highest BCUT2D eigenvalue weighted by Crippen LogP contribution is 2.38. The largest absolute Gasteiger partial charge is 0.496 e. The van der Waals surface area contributed by atoms with E-state index >= 15 is 0 Å². The van der Waals surface area contributed by atoms with Gasteiger partial charge in [0.25, 0.3) is 0 Å². The van der Waals surface area contributed by atoms with Gasteiger partial charge in [-0.15, -0.1) is 0 Å². The Hall–Kier alpha value is -2.26. The molecule has 0 saturated carbocycles. The number of rotatable bonds is 7. The van der Waals surface area contributed by atoms with Crippen molar-refractivity contribution in [3.8, 4) is 5.75 Å². The summed E-state index contributed by atoms with van der Waals surface area (Å²) in [5, 5.41) is 0. The lowest BCUT2D eigenvalue weighted by Crippen LogP contribution is -2.49. The van der Waals surface area contributed by atoms with Crippen molar-refractivity contribution >= 4 is 0 Å². The molecule has 3 nitrogen and oxygen atoms in total. The summed E-state index contributed by atoms with van der Waals surface area (Å²) in [6.07, 6.45) is -9.28. The number of halogens is 6. The van der Waals surface area contributed by atoms with Crippen LogP contribution in [0.1, 0.15) is 48.6 Å². The fourth-order valence-corrected chi connectivity index (χ4v) is 4.51. The molecule has 0 radical (unpaired) electrons. The molecule has 9 heteroatoms. The molecule has 2 aromatic carbocycles. The van der Waals surface area contributed by atoms with Gasteiger partial charge in [0.15, 0.2) is 0 Å². The number of alkyl halides is 6. The quantitative estimate of drug-likeness (QED) is 0.418. The first kappa shape index (κ1) is 26.3. The van der Waals surface area contributed by atoms with E-state index < -0.39 is 23.5 Å². The van der Waals surface area contributed by atoms with Gasteiger partial charge in [0, 0.05) is 43.8 Å². The van der Waals surface area contributed by atoms with Crippen LogP contribution in [0, 0.1) is 0 Å². The van der Waals surface area contributed by atoms with E-state index in [1.165, 1.54) is 0 Å². The molecular formula is C25H30F6N2O. The van der Waals surface area contributed by atoms with E-state index in [1.807, 2.05) is 24.3 Å². The van der Waals surface area contributed by atoms with Crippen molar-refractivity contribution in [3.05, 3.63) is 64.7 Å². The Balaban J connectivity index is 1.90. The molecule has 1 fully saturated rings. The number of hydrogen-bond acceptors (Lipinski definition) is 3. The van der Waals surface area contributed by atoms with Crippen molar-refractivity contribution in [3.63, 3.8) is 0 Å². The third kappa shape index (κ3) is 6.44. The molecule has 1 heterocycles. The van der Waals surface area contributed by atoms with Crippen LogP contribution in [-0.4, -0.2) is 49.1 Å². The second-order valence-corrected chi connectivity index (χ2v) is 8.88. The van der Waals surface area contributed by atoms with E-state index in [-0.39, 0.29) is 24.1 Å². The van der Waals surface area contributed by atoms with Crippen LogP contribution in [0.3, 0.4) is 0 Å². The summed E-state index contributed by atoms with van der Waals surface area (Å²) in [6.45, 7) is 7.42. The zero-order chi connectivity index (χ0) is 25.1. The smallest absolute Gasteiger partial charge is 0.416 e. The van der Waals surface area contributed by atoms with Crippen molar-refractivity contribution in [2.45, 2.75) is 51.1 Å². The highest BCUT2D eigenvalue weighted by atomic mass is 19.4. The fourth-order valence-electron chi connectivity index (χ4n) is 4.51. The average Bonchev–Trinajstić information content (AvgIpc) is 2.78. The van der Waals surface area contributed by atoms with Gasteiger partial charge in [-0.2, -0.15) is 26.3 Å². The summed E-state index contributed by atoms with van der Waals surface area (Å²) in [5.41, 5.74) is -1.66. The highest BCUT2D eigenvalue weighted by molar-refractivity contribution is 5.37. The summed E-state index contributed by atoms with van der Waals surface area (Å²) >= 11 is 0. The van der Waals surface area contributed by atoms with Gasteiger partial charge in [0.2, 0.25) is 0 Å². The first-order valence-electron chi connectivity index (χ1n) is 11.3. The lowest BCUT2D eigenvalue weighted by molar-refractivity contribution is -0.143. The number of hydrogen-bond donors (Lipinski definition) is 0. The van der Waals surface area contributed by atoms with E-state index in [0.29, 0.717) is 18.2 Å². The van der Waals surface area contributed by atoms with Gasteiger partial charge >= 0.3 is 12.4 Å². The molecule has 188 valence electrons. The number of methoxy groups -OCH3 is 1. The third-order valence-electron chi connectivity index (χ3n) is 6.37. The van der Waals surface area contributed by atoms with Gasteiger partial charge in [0.1, 0.15) is 5.75 Å². The second-order valence-electron chi connectivity index (χ2n) is 8.88. The predicted molar refractivity (Wildman–Crippen MR) is 119 cm³/mol. The van der Waals surface area contributed by atoms with Crippen molar-refractivity contribution < 1.29 is 31.1 Å². The molecule has 1 aliphatic rings. The lowest BCUT2D eigenvalue weighted by atomic mass is 9.94. The summed E-state index contributed by atoms with van der Waals surface area (Å²) < 4.78 is 85.3. The Morgan fingerprint density at radius 3 is 1.85 bits per heavy atom. The van der Waals surface area contributed by atoms with Gasteiger partial charge < -0.3 is 4.74 Å². The Bertz CT molecular complexity index is 917. The first-order chi connectivity index (χ1) is 15.9. The molecule has 1 aliphatic heterocycles. The minimum atomic E-state index is -4.86. The summed E-state index contributed by atoms with van der Waals surface area (Å²) in [5.74, 6) is 0.652. The second kappa shape index (κ2) is 10.6. The number of piperazine rings is 1. The van der Waals surface area contributed by atoms with E-state index in [2.05, 4.69) is 23.6 Å². The molecule has 0 spiro atoms. The van der Waals surface area contributed by atoms with Gasteiger partial charge in [0.05, 0.1) is 18.2 Å². The molecule has 0 amide bonds. The van der Waals surface area contributed by atoms with Crippen LogP contribution in [-0.2, 0) is 18.8 Å². The molecule has 1 atom stereocenters. The van der Waals surface area contributed by atoms with Crippen LogP contribution >= 0.6 is 0 Å². The monoisotopic (exact) mass is 488 g/mol. The molecule has 3 rings (SSSR count). The maximum absolute atomic E-state index is 13.3. The molecule has 0 aliphatic carbocycles. The maximum Gasteiger partial charge on any atom is 0.416 e. The fraction of sp³-hybridized carbons (Fsp3) is 0.520. The van der Waals surface area contributed by atoms with E-state index in [1.54, 1.807) is 7.11 Å². The van der Waals surface area contributed by atoms with Crippen LogP contribution in [0.25, 0.3) is 0 Å². The van der Waals surface area contributed by atoms with Crippen molar-refractivity contribution in [1.82, 2.24) is 9.80 Å². The Morgan fingerprint density at radius 2 is 1.35 bits per heavy atom. The van der Waals surface area contributed by atoms with Crippen LogP contribution < -0.4 is 4.74 Å². The van der Waals surface area contributed by atoms with Crippen molar-refractivity contribution in [2.75, 3.05) is 33.3 Å². The van der Waals surface area contributed by atoms with Gasteiger partial charge in [-0.3, -0.25) is 9.80 Å². The van der Waals surface area contributed by atoms with Gasteiger partial charge in [-0.05, 0) is 56.5 Å². The Morgan fingerprint density at radius 1 is 0.824 bits per heavy atom. The van der Waals surface area contributed by atoms with Crippen LogP contribution in [0.15, 0.2) is 42.5 Å². The first-order valence-corrected chi connectivity index (χ1v) is 11.3. The van der Waals surface area contributed by atoms with Crippen LogP contribution in [0.5, 0.6) is 5.75 Å². The normalized spacial score (nSPS) is 17.2. The van der Waals surface area contributed by atoms with Gasteiger partial charge in [-0.1, -0.05) is 18.2 Å². The van der Waals surface area contributed by atoms with Gasteiger partial charge in [-0.25, -0.2) is 0 Å². The minimum absolute atomic E-state index is 0.0165. The molecule has 0 aromatic heterocycles. The summed E-state index contributed by atoms with van der Waals surface area (Å²) in [7, 11) is 1.55. The minimum Gasteiger partial charge on any atom is -0.496 e. The average molecular weight is 489 g/mol. The Labute approximate surface area is 196 Å². The lowest BCUT2D eigenvalue weighted by Gasteiger charge is -2.41. The standard InChI is InChI=1S/C25H30F6N2O/c1-17(2)32-10-12-33(13-11-32)22(21-6-4-5-7-23(21)34-3)9-8-18-14-19(24(26,27)28)16-20(15-18)25(29,30)31/h4-7,14-17,22H,8-13H2,1-3H3. The molecule has 1 unspecified atom stereocenters. The number of ether oxygens (including phenoxy) is 1. The molecule has 0 N–H and O–H groups in total. The molecule has 2 aromatic rings. The summed E-state index contributed by atoms with van der Waals surface area (Å²) in [4.78, 5) is 4.59. The van der Waals surface area contributed by atoms with Crippen molar-refractivity contribution in [1.29, 1.82) is 0 Å². The van der Waals surface area contributed by atoms with Crippen LogP contribution in [0.4, 0.5) is 26.3 Å². The number of aryl methyl sites for hydroxylation is 1. The van der Waals surface area contributed by atoms with E-state index in [4.69, 9.17) is 4.74 Å². The number of para-hydroxylation sites is 1. The number of benzene rings is 2. The number of nitrogens with zero attached hydrogens (tertiary/aromatic N) is 2. The van der Waals surface area contributed by atoms with E-state index in [0.717, 1.165) is 43.9 Å². The van der Waals surface area contributed by atoms with E-state index in [9.17, 15) is 26.3 Å². The maximum atomic E-state index is 13.3. The zero-order valence-electron chi connectivity index (χ0n) is 19.5. The van der Waals surface area contributed by atoms with Crippen molar-refractivity contribution in [2.24, 2.45) is 0 Å². The highest BCUT2D eigenvalue weighted by Gasteiger charge is 2.37. The zero-order valence-corrected chi connectivity index (χ0v) is 19.5.